The van der Waals surface area contributed by atoms with E-state index in [2.05, 4.69) is 20.2 Å². The zero-order valence-corrected chi connectivity index (χ0v) is 15.5. The number of nitrogens with zero attached hydrogens (tertiary/aromatic N) is 6. The van der Waals surface area contributed by atoms with Crippen LogP contribution in [0.3, 0.4) is 0 Å². The zero-order chi connectivity index (χ0) is 18.8. The number of aryl methyl sites for hydroxylation is 1. The lowest BCUT2D eigenvalue weighted by Crippen LogP contribution is -2.48. The quantitative estimate of drug-likeness (QED) is 0.699. The molecule has 2 aromatic heterocycles. The Morgan fingerprint density at radius 3 is 2.52 bits per heavy atom. The average Bonchev–Trinajstić information content (AvgIpc) is 3.16. The van der Waals surface area contributed by atoms with Gasteiger partial charge in [0.1, 0.15) is 5.75 Å². The second-order valence-electron chi connectivity index (χ2n) is 6.46. The molecule has 3 heterocycles. The summed E-state index contributed by atoms with van der Waals surface area (Å²) >= 11 is 0. The molecule has 0 atom stereocenters. The Morgan fingerprint density at radius 1 is 1.11 bits per heavy atom. The fourth-order valence-corrected chi connectivity index (χ4v) is 3.31. The van der Waals surface area contributed by atoms with Crippen molar-refractivity contribution in [2.45, 2.75) is 13.3 Å². The molecule has 27 heavy (non-hydrogen) atoms. The van der Waals surface area contributed by atoms with Gasteiger partial charge in [0.2, 0.25) is 0 Å². The molecule has 0 bridgehead atoms. The number of carbonyl (C=O) groups excluding carboxylic acids is 1. The summed E-state index contributed by atoms with van der Waals surface area (Å²) in [7, 11) is 1.62. The Bertz CT molecular complexity index is 944. The Morgan fingerprint density at radius 2 is 1.85 bits per heavy atom. The van der Waals surface area contributed by atoms with E-state index in [1.54, 1.807) is 11.6 Å². The Kier molecular flexibility index (Phi) is 4.62. The van der Waals surface area contributed by atoms with Gasteiger partial charge >= 0.3 is 0 Å². The highest BCUT2D eigenvalue weighted by atomic mass is 16.5. The van der Waals surface area contributed by atoms with E-state index in [0.717, 1.165) is 42.4 Å². The van der Waals surface area contributed by atoms with Crippen LogP contribution in [0.15, 0.2) is 36.5 Å². The maximum absolute atomic E-state index is 12.7. The Balaban J connectivity index is 1.43. The number of ether oxygens (including phenoxy) is 1. The van der Waals surface area contributed by atoms with Gasteiger partial charge in [-0.3, -0.25) is 4.79 Å². The van der Waals surface area contributed by atoms with E-state index in [1.165, 1.54) is 0 Å². The number of methoxy groups -OCH3 is 1. The second-order valence-corrected chi connectivity index (χ2v) is 6.46. The summed E-state index contributed by atoms with van der Waals surface area (Å²) in [6.45, 7) is 4.89. The number of amides is 1. The number of fused-ring (bicyclic) bond motifs is 1. The normalized spacial score (nSPS) is 14.6. The lowest BCUT2D eigenvalue weighted by molar-refractivity contribution is 0.0746. The SMILES string of the molecule is CCc1nnc2cc(N3CCN(C(=O)c4ccc(OC)cc4)CC3)cnn12. The highest BCUT2D eigenvalue weighted by molar-refractivity contribution is 5.94. The summed E-state index contributed by atoms with van der Waals surface area (Å²) in [6, 6.07) is 9.24. The van der Waals surface area contributed by atoms with Crippen LogP contribution >= 0.6 is 0 Å². The van der Waals surface area contributed by atoms with Gasteiger partial charge in [0.15, 0.2) is 11.5 Å². The minimum atomic E-state index is 0.0518. The maximum atomic E-state index is 12.7. The molecule has 0 aliphatic carbocycles. The van der Waals surface area contributed by atoms with Crippen LogP contribution in [-0.2, 0) is 6.42 Å². The third-order valence-corrected chi connectivity index (χ3v) is 4.90. The average molecular weight is 366 g/mol. The van der Waals surface area contributed by atoms with Gasteiger partial charge in [-0.25, -0.2) is 0 Å². The molecule has 0 N–H and O–H groups in total. The van der Waals surface area contributed by atoms with Crippen LogP contribution in [0, 0.1) is 0 Å². The lowest BCUT2D eigenvalue weighted by atomic mass is 10.1. The van der Waals surface area contributed by atoms with Gasteiger partial charge in [-0.1, -0.05) is 6.92 Å². The first-order chi connectivity index (χ1) is 13.2. The minimum absolute atomic E-state index is 0.0518. The van der Waals surface area contributed by atoms with Crippen LogP contribution in [0.1, 0.15) is 23.1 Å². The molecule has 1 aliphatic rings. The smallest absolute Gasteiger partial charge is 0.253 e. The summed E-state index contributed by atoms with van der Waals surface area (Å²) < 4.78 is 6.92. The molecule has 0 radical (unpaired) electrons. The van der Waals surface area contributed by atoms with Gasteiger partial charge in [-0.05, 0) is 24.3 Å². The van der Waals surface area contributed by atoms with Crippen molar-refractivity contribution in [1.29, 1.82) is 0 Å². The third-order valence-electron chi connectivity index (χ3n) is 4.90. The van der Waals surface area contributed by atoms with E-state index in [9.17, 15) is 4.79 Å². The molecule has 1 saturated heterocycles. The number of aromatic nitrogens is 4. The monoisotopic (exact) mass is 366 g/mol. The number of anilines is 1. The van der Waals surface area contributed by atoms with Crippen molar-refractivity contribution in [1.82, 2.24) is 24.7 Å². The first-order valence-corrected chi connectivity index (χ1v) is 9.08. The van der Waals surface area contributed by atoms with E-state index in [1.807, 2.05) is 48.4 Å². The molecule has 140 valence electrons. The summed E-state index contributed by atoms with van der Waals surface area (Å²) in [4.78, 5) is 16.8. The second kappa shape index (κ2) is 7.22. The Labute approximate surface area is 157 Å². The van der Waals surface area contributed by atoms with Crippen LogP contribution in [0.4, 0.5) is 5.69 Å². The first kappa shape index (κ1) is 17.3. The zero-order valence-electron chi connectivity index (χ0n) is 15.5. The van der Waals surface area contributed by atoms with Crippen LogP contribution in [0.2, 0.25) is 0 Å². The third kappa shape index (κ3) is 3.30. The summed E-state index contributed by atoms with van der Waals surface area (Å²) in [5, 5.41) is 12.8. The predicted octanol–water partition coefficient (Wildman–Crippen LogP) is 1.66. The van der Waals surface area contributed by atoms with E-state index in [0.29, 0.717) is 18.7 Å². The van der Waals surface area contributed by atoms with Gasteiger partial charge in [-0.15, -0.1) is 10.2 Å². The van der Waals surface area contributed by atoms with Crippen molar-refractivity contribution < 1.29 is 9.53 Å². The maximum Gasteiger partial charge on any atom is 0.253 e. The first-order valence-electron chi connectivity index (χ1n) is 9.08. The number of benzene rings is 1. The number of rotatable bonds is 4. The number of carbonyl (C=O) groups is 1. The predicted molar refractivity (Wildman–Crippen MR) is 101 cm³/mol. The van der Waals surface area contributed by atoms with Crippen molar-refractivity contribution in [2.24, 2.45) is 0 Å². The fourth-order valence-electron chi connectivity index (χ4n) is 3.31. The molecule has 1 fully saturated rings. The topological polar surface area (TPSA) is 75.9 Å². The van der Waals surface area contributed by atoms with Gasteiger partial charge in [0, 0.05) is 44.2 Å². The molecule has 1 amide bonds. The van der Waals surface area contributed by atoms with E-state index in [-0.39, 0.29) is 5.91 Å². The number of hydrogen-bond acceptors (Lipinski definition) is 6. The summed E-state index contributed by atoms with van der Waals surface area (Å²) in [6.07, 6.45) is 2.64. The molecule has 1 aromatic carbocycles. The van der Waals surface area contributed by atoms with Gasteiger partial charge in [0.05, 0.1) is 19.0 Å². The van der Waals surface area contributed by atoms with Crippen LogP contribution in [0.5, 0.6) is 5.75 Å². The van der Waals surface area contributed by atoms with Crippen molar-refractivity contribution in [3.63, 3.8) is 0 Å². The van der Waals surface area contributed by atoms with Crippen LogP contribution < -0.4 is 9.64 Å². The molecule has 0 spiro atoms. The van der Waals surface area contributed by atoms with Gasteiger partial charge < -0.3 is 14.5 Å². The Hall–Kier alpha value is -3.16. The largest absolute Gasteiger partial charge is 0.497 e. The van der Waals surface area contributed by atoms with E-state index >= 15 is 0 Å². The van der Waals surface area contributed by atoms with Crippen LogP contribution in [0.25, 0.3) is 5.65 Å². The van der Waals surface area contributed by atoms with Gasteiger partial charge in [-0.2, -0.15) is 9.61 Å². The van der Waals surface area contributed by atoms with Crippen molar-refractivity contribution in [3.05, 3.63) is 47.9 Å². The van der Waals surface area contributed by atoms with E-state index in [4.69, 9.17) is 4.74 Å². The summed E-state index contributed by atoms with van der Waals surface area (Å²) in [5.41, 5.74) is 2.44. The molecule has 3 aromatic rings. The molecule has 1 aliphatic heterocycles. The lowest BCUT2D eigenvalue weighted by Gasteiger charge is -2.36. The standard InChI is InChI=1S/C19H22N6O2/c1-3-17-21-22-18-12-15(13-20-25(17)18)23-8-10-24(11-9-23)19(26)14-4-6-16(27-2)7-5-14/h4-7,12-13H,3,8-11H2,1-2H3. The molecular weight excluding hydrogens is 344 g/mol. The van der Waals surface area contributed by atoms with Crippen molar-refractivity contribution in [3.8, 4) is 5.75 Å². The van der Waals surface area contributed by atoms with E-state index < -0.39 is 0 Å². The molecule has 0 saturated carbocycles. The highest BCUT2D eigenvalue weighted by Gasteiger charge is 2.23. The fraction of sp³-hybridized carbons (Fsp3) is 0.368. The van der Waals surface area contributed by atoms with Gasteiger partial charge in [0.25, 0.3) is 5.91 Å². The number of hydrogen-bond donors (Lipinski definition) is 0. The molecular formula is C19H22N6O2. The highest BCUT2D eigenvalue weighted by Crippen LogP contribution is 2.19. The summed E-state index contributed by atoms with van der Waals surface area (Å²) in [5.74, 6) is 1.65. The number of piperazine rings is 1. The molecule has 8 nitrogen and oxygen atoms in total. The minimum Gasteiger partial charge on any atom is -0.497 e. The molecule has 4 rings (SSSR count). The van der Waals surface area contributed by atoms with Crippen LogP contribution in [-0.4, -0.2) is 63.9 Å². The van der Waals surface area contributed by atoms with Crippen molar-refractivity contribution >= 4 is 17.2 Å². The molecule has 8 heteroatoms. The molecule has 0 unspecified atom stereocenters. The van der Waals surface area contributed by atoms with Crippen molar-refractivity contribution in [2.75, 3.05) is 38.2 Å².